The molecule has 2 aliphatic heterocycles. The molecule has 8 nitrogen and oxygen atoms in total. The summed E-state index contributed by atoms with van der Waals surface area (Å²) in [5, 5.41) is 11.9. The van der Waals surface area contributed by atoms with Crippen molar-refractivity contribution in [2.75, 3.05) is 19.6 Å². The quantitative estimate of drug-likeness (QED) is 0.702. The summed E-state index contributed by atoms with van der Waals surface area (Å²) in [4.78, 5) is 27.7. The zero-order chi connectivity index (χ0) is 23.6. The second-order valence-electron chi connectivity index (χ2n) is 8.47. The van der Waals surface area contributed by atoms with Crippen molar-refractivity contribution < 1.29 is 18.0 Å². The Morgan fingerprint density at radius 2 is 1.85 bits per heavy atom. The van der Waals surface area contributed by atoms with Gasteiger partial charge in [-0.15, -0.1) is 0 Å². The largest absolute Gasteiger partial charge is 0.348 e. The minimum absolute atomic E-state index is 0.0163. The molecule has 2 aromatic rings. The fraction of sp³-hybridized carbons (Fsp3) is 0.375. The number of nitrogens with one attached hydrogen (secondary N) is 1. The van der Waals surface area contributed by atoms with Crippen LogP contribution in [0.5, 0.6) is 0 Å². The molecule has 4 rings (SSSR count). The lowest BCUT2D eigenvalue weighted by molar-refractivity contribution is -0.125. The van der Waals surface area contributed by atoms with Gasteiger partial charge in [0.15, 0.2) is 0 Å². The number of hydrogen-bond donors (Lipinski definition) is 1. The van der Waals surface area contributed by atoms with E-state index in [1.54, 1.807) is 6.07 Å². The summed E-state index contributed by atoms with van der Waals surface area (Å²) in [6.07, 6.45) is 1.26. The lowest BCUT2D eigenvalue weighted by atomic mass is 10.1. The first-order valence-corrected chi connectivity index (χ1v) is 12.4. The van der Waals surface area contributed by atoms with Crippen LogP contribution in [0, 0.1) is 17.2 Å². The lowest BCUT2D eigenvalue weighted by Gasteiger charge is -2.34. The smallest absolute Gasteiger partial charge is 0.254 e. The molecule has 2 fully saturated rings. The Hall–Kier alpha value is -3.22. The third-order valence-corrected chi connectivity index (χ3v) is 8.05. The third-order valence-electron chi connectivity index (χ3n) is 6.22. The van der Waals surface area contributed by atoms with Gasteiger partial charge >= 0.3 is 0 Å². The first-order valence-electron chi connectivity index (χ1n) is 11.0. The topological polar surface area (TPSA) is 111 Å². The second kappa shape index (κ2) is 9.33. The van der Waals surface area contributed by atoms with Gasteiger partial charge in [-0.25, -0.2) is 8.42 Å². The molecule has 2 amide bonds. The highest BCUT2D eigenvalue weighted by Gasteiger charge is 2.38. The summed E-state index contributed by atoms with van der Waals surface area (Å²) >= 11 is 0. The van der Waals surface area contributed by atoms with Crippen molar-refractivity contribution in [1.29, 1.82) is 5.26 Å². The van der Waals surface area contributed by atoms with Gasteiger partial charge in [0.25, 0.3) is 5.91 Å². The first-order chi connectivity index (χ1) is 15.8. The highest BCUT2D eigenvalue weighted by molar-refractivity contribution is 7.89. The van der Waals surface area contributed by atoms with Gasteiger partial charge in [0.1, 0.15) is 6.04 Å². The number of hydrogen-bond acceptors (Lipinski definition) is 5. The van der Waals surface area contributed by atoms with E-state index in [0.717, 1.165) is 5.56 Å². The van der Waals surface area contributed by atoms with Crippen molar-refractivity contribution in [1.82, 2.24) is 14.5 Å². The number of benzene rings is 2. The molecule has 0 unspecified atom stereocenters. The molecule has 0 spiro atoms. The molecule has 2 saturated heterocycles. The van der Waals surface area contributed by atoms with E-state index >= 15 is 0 Å². The number of rotatable bonds is 6. The van der Waals surface area contributed by atoms with Crippen LogP contribution < -0.4 is 5.32 Å². The Morgan fingerprint density at radius 1 is 1.12 bits per heavy atom. The molecule has 2 atom stereocenters. The summed E-state index contributed by atoms with van der Waals surface area (Å²) in [5.74, 6) is -0.883. The minimum atomic E-state index is -3.77. The number of amides is 2. The molecule has 2 heterocycles. The zero-order valence-electron chi connectivity index (χ0n) is 18.3. The molecule has 0 saturated carbocycles. The lowest BCUT2D eigenvalue weighted by Crippen LogP contribution is -2.49. The van der Waals surface area contributed by atoms with Crippen molar-refractivity contribution in [3.05, 3.63) is 65.7 Å². The summed E-state index contributed by atoms with van der Waals surface area (Å²) < 4.78 is 26.9. The van der Waals surface area contributed by atoms with E-state index in [9.17, 15) is 18.0 Å². The van der Waals surface area contributed by atoms with Crippen LogP contribution in [0.25, 0.3) is 0 Å². The average Bonchev–Trinajstić information content (AvgIpc) is 3.28. The van der Waals surface area contributed by atoms with E-state index in [0.29, 0.717) is 19.4 Å². The summed E-state index contributed by atoms with van der Waals surface area (Å²) in [7, 11) is -3.77. The Balaban J connectivity index is 1.48. The number of likely N-dealkylation sites (tertiary alicyclic amines) is 1. The monoisotopic (exact) mass is 466 g/mol. The maximum absolute atomic E-state index is 13.2. The average molecular weight is 467 g/mol. The number of carbonyl (C=O) groups is 2. The molecule has 0 radical (unpaired) electrons. The van der Waals surface area contributed by atoms with Gasteiger partial charge in [0.05, 0.1) is 22.9 Å². The van der Waals surface area contributed by atoms with Crippen molar-refractivity contribution in [3.63, 3.8) is 0 Å². The highest BCUT2D eigenvalue weighted by Crippen LogP contribution is 2.27. The number of nitriles is 1. The van der Waals surface area contributed by atoms with Crippen LogP contribution in [0.3, 0.4) is 0 Å². The van der Waals surface area contributed by atoms with Gasteiger partial charge in [-0.05, 0) is 43.5 Å². The molecule has 1 N–H and O–H groups in total. The minimum Gasteiger partial charge on any atom is -0.348 e. The van der Waals surface area contributed by atoms with E-state index in [1.807, 2.05) is 37.3 Å². The fourth-order valence-corrected chi connectivity index (χ4v) is 5.81. The van der Waals surface area contributed by atoms with Gasteiger partial charge < -0.3 is 10.2 Å². The number of nitrogens with zero attached hydrogens (tertiary/aromatic N) is 3. The summed E-state index contributed by atoms with van der Waals surface area (Å²) in [5.41, 5.74) is 1.20. The van der Waals surface area contributed by atoms with E-state index in [2.05, 4.69) is 11.4 Å². The van der Waals surface area contributed by atoms with Crippen LogP contribution >= 0.6 is 0 Å². The SMILES string of the molecule is C[C@@H](NC(=O)[C@H]1CCCN1C(=O)c1cccc(S(=O)(=O)N2CC(C#N)C2)c1)c1ccccc1. The predicted molar refractivity (Wildman–Crippen MR) is 121 cm³/mol. The van der Waals surface area contributed by atoms with Crippen molar-refractivity contribution in [2.24, 2.45) is 5.92 Å². The molecule has 0 aliphatic carbocycles. The van der Waals surface area contributed by atoms with E-state index in [-0.39, 0.29) is 47.3 Å². The molecular formula is C24H26N4O4S. The molecule has 172 valence electrons. The van der Waals surface area contributed by atoms with Gasteiger partial charge in [-0.1, -0.05) is 36.4 Å². The van der Waals surface area contributed by atoms with Gasteiger partial charge in [-0.3, -0.25) is 9.59 Å². The maximum atomic E-state index is 13.2. The highest BCUT2D eigenvalue weighted by atomic mass is 32.2. The maximum Gasteiger partial charge on any atom is 0.254 e. The number of carbonyl (C=O) groups excluding carboxylic acids is 2. The van der Waals surface area contributed by atoms with Gasteiger partial charge in [0.2, 0.25) is 15.9 Å². The third kappa shape index (κ3) is 4.63. The van der Waals surface area contributed by atoms with Crippen molar-refractivity contribution in [3.8, 4) is 6.07 Å². The van der Waals surface area contributed by atoms with Gasteiger partial charge in [0, 0.05) is 25.2 Å². The Labute approximate surface area is 193 Å². The molecule has 2 aromatic carbocycles. The van der Waals surface area contributed by atoms with Crippen LogP contribution in [-0.2, 0) is 14.8 Å². The van der Waals surface area contributed by atoms with Crippen LogP contribution in [0.15, 0.2) is 59.5 Å². The predicted octanol–water partition coefficient (Wildman–Crippen LogP) is 2.31. The standard InChI is InChI=1S/C24H26N4O4S/c1-17(19-7-3-2-4-8-19)26-23(29)22-11-6-12-28(22)24(30)20-9-5-10-21(13-20)33(31,32)27-15-18(14-25)16-27/h2-5,7-10,13,17-18,22H,6,11-12,15-16H2,1H3,(H,26,29)/t17-,22-/m1/s1. The first kappa shape index (κ1) is 23.0. The van der Waals surface area contributed by atoms with E-state index < -0.39 is 16.1 Å². The second-order valence-corrected chi connectivity index (χ2v) is 10.4. The molecule has 33 heavy (non-hydrogen) atoms. The summed E-state index contributed by atoms with van der Waals surface area (Å²) in [6.45, 7) is 2.65. The molecule has 9 heteroatoms. The van der Waals surface area contributed by atoms with Crippen molar-refractivity contribution >= 4 is 21.8 Å². The normalized spacial score (nSPS) is 20.0. The molecule has 0 bridgehead atoms. The Kier molecular flexibility index (Phi) is 6.49. The zero-order valence-corrected chi connectivity index (χ0v) is 19.2. The van der Waals surface area contributed by atoms with Crippen LogP contribution in [0.4, 0.5) is 0 Å². The van der Waals surface area contributed by atoms with E-state index in [4.69, 9.17) is 5.26 Å². The Bertz CT molecular complexity index is 1190. The molecule has 0 aromatic heterocycles. The van der Waals surface area contributed by atoms with Crippen molar-refractivity contribution in [2.45, 2.75) is 36.7 Å². The van der Waals surface area contributed by atoms with Crippen LogP contribution in [-0.4, -0.2) is 55.1 Å². The fourth-order valence-electron chi connectivity index (χ4n) is 4.24. The van der Waals surface area contributed by atoms with E-state index in [1.165, 1.54) is 27.4 Å². The molecular weight excluding hydrogens is 440 g/mol. The summed E-state index contributed by atoms with van der Waals surface area (Å²) in [6, 6.07) is 16.8. The number of sulfonamides is 1. The Morgan fingerprint density at radius 3 is 2.55 bits per heavy atom. The van der Waals surface area contributed by atoms with Gasteiger partial charge in [-0.2, -0.15) is 9.57 Å². The van der Waals surface area contributed by atoms with Crippen LogP contribution in [0.1, 0.15) is 41.7 Å². The van der Waals surface area contributed by atoms with Crippen LogP contribution in [0.2, 0.25) is 0 Å². The molecule has 2 aliphatic rings.